The van der Waals surface area contributed by atoms with E-state index in [1.807, 2.05) is 6.07 Å². The monoisotopic (exact) mass is 731 g/mol. The van der Waals surface area contributed by atoms with Gasteiger partial charge in [-0.05, 0) is 142 Å². The largest absolute Gasteiger partial charge is 0.372 e. The van der Waals surface area contributed by atoms with Crippen molar-refractivity contribution in [3.8, 4) is 0 Å². The zero-order valence-corrected chi connectivity index (χ0v) is 33.6. The van der Waals surface area contributed by atoms with E-state index in [4.69, 9.17) is 0 Å². The van der Waals surface area contributed by atoms with Crippen LogP contribution in [-0.4, -0.2) is 39.1 Å². The van der Waals surface area contributed by atoms with Gasteiger partial charge in [0.2, 0.25) is 0 Å². The maximum Gasteiger partial charge on any atom is 0.294 e. The van der Waals surface area contributed by atoms with Crippen molar-refractivity contribution in [3.63, 3.8) is 0 Å². The molecule has 7 heteroatoms. The van der Waals surface area contributed by atoms with Gasteiger partial charge in [-0.1, -0.05) is 67.6 Å². The van der Waals surface area contributed by atoms with Crippen LogP contribution in [0.25, 0.3) is 0 Å². The van der Waals surface area contributed by atoms with E-state index in [0.29, 0.717) is 12.5 Å². The van der Waals surface area contributed by atoms with Gasteiger partial charge in [0.15, 0.2) is 0 Å². The Balaban J connectivity index is 1.42. The summed E-state index contributed by atoms with van der Waals surface area (Å²) in [6, 6.07) is 31.5. The molecule has 3 unspecified atom stereocenters. The molecule has 6 nitrogen and oxygen atoms in total. The summed E-state index contributed by atoms with van der Waals surface area (Å²) in [7, 11) is -4.25. The topological polar surface area (TPSA) is 64.1 Å². The van der Waals surface area contributed by atoms with Crippen LogP contribution < -0.4 is 14.7 Å². The maximum absolute atomic E-state index is 11.7. The van der Waals surface area contributed by atoms with Crippen molar-refractivity contribution in [2.24, 2.45) is 5.92 Å². The molecular weight excluding hydrogens is 675 g/mol. The quantitative estimate of drug-likeness (QED) is 0.0914. The molecule has 0 fully saturated rings. The van der Waals surface area contributed by atoms with Crippen molar-refractivity contribution < 1.29 is 13.0 Å². The van der Waals surface area contributed by atoms with Gasteiger partial charge < -0.3 is 14.7 Å². The van der Waals surface area contributed by atoms with Gasteiger partial charge in [0, 0.05) is 61.6 Å². The van der Waals surface area contributed by atoms with E-state index in [0.717, 1.165) is 49.5 Å². The highest BCUT2D eigenvalue weighted by atomic mass is 32.2. The molecule has 0 heterocycles. The van der Waals surface area contributed by atoms with E-state index in [1.54, 1.807) is 12.1 Å². The molecule has 0 aromatic heterocycles. The van der Waals surface area contributed by atoms with Crippen LogP contribution in [0.3, 0.4) is 0 Å². The molecule has 1 aliphatic rings. The smallest absolute Gasteiger partial charge is 0.294 e. The van der Waals surface area contributed by atoms with Gasteiger partial charge in [0.25, 0.3) is 10.1 Å². The van der Waals surface area contributed by atoms with Crippen molar-refractivity contribution in [1.29, 1.82) is 0 Å². The minimum atomic E-state index is -4.25. The molecule has 0 spiro atoms. The Morgan fingerprint density at radius 1 is 0.755 bits per heavy atom. The Labute approximate surface area is 318 Å². The Morgan fingerprint density at radius 2 is 1.38 bits per heavy atom. The second-order valence-electron chi connectivity index (χ2n) is 14.3. The molecule has 3 atom stereocenters. The third-order valence-corrected chi connectivity index (χ3v) is 11.8. The van der Waals surface area contributed by atoms with E-state index in [2.05, 4.69) is 155 Å². The Hall–Kier alpha value is -4.55. The molecule has 0 bridgehead atoms. The van der Waals surface area contributed by atoms with Crippen LogP contribution in [0.4, 0.5) is 17.1 Å². The highest BCUT2D eigenvalue weighted by Gasteiger charge is 2.23. The number of hydrogen-bond donors (Lipinski definition) is 1. The predicted molar refractivity (Wildman–Crippen MR) is 223 cm³/mol. The molecule has 1 aliphatic carbocycles. The maximum atomic E-state index is 11.7. The summed E-state index contributed by atoms with van der Waals surface area (Å²) >= 11 is 0. The lowest BCUT2D eigenvalue weighted by Crippen LogP contribution is -2.22. The molecular formula is C46H57N3O3S. The van der Waals surface area contributed by atoms with Gasteiger partial charge in [0.1, 0.15) is 0 Å². The number of allylic oxidation sites excluding steroid dienone is 2. The van der Waals surface area contributed by atoms with Gasteiger partial charge in [-0.25, -0.2) is 0 Å². The van der Waals surface area contributed by atoms with E-state index < -0.39 is 10.1 Å². The number of hydrogen-bond acceptors (Lipinski definition) is 5. The van der Waals surface area contributed by atoms with Crippen LogP contribution in [0.15, 0.2) is 125 Å². The minimum absolute atomic E-state index is 0.0827. The lowest BCUT2D eigenvalue weighted by Gasteiger charge is -2.28. The van der Waals surface area contributed by atoms with Gasteiger partial charge in [-0.2, -0.15) is 8.42 Å². The number of likely N-dealkylation sites (N-methyl/N-ethyl adjacent to an activating group) is 1. The van der Waals surface area contributed by atoms with Crippen molar-refractivity contribution >= 4 is 27.2 Å². The molecule has 0 saturated heterocycles. The number of aryl methyl sites for hydroxylation is 1. The molecule has 0 saturated carbocycles. The molecule has 4 aromatic rings. The van der Waals surface area contributed by atoms with Crippen molar-refractivity contribution in [2.75, 3.05) is 40.9 Å². The molecule has 280 valence electrons. The first kappa shape index (κ1) is 39.7. The number of nitrogens with zero attached hydrogens (tertiary/aromatic N) is 3. The molecule has 0 amide bonds. The molecule has 53 heavy (non-hydrogen) atoms. The first-order valence-electron chi connectivity index (χ1n) is 19.2. The highest BCUT2D eigenvalue weighted by Crippen LogP contribution is 2.39. The van der Waals surface area contributed by atoms with E-state index in [9.17, 15) is 13.0 Å². The second kappa shape index (κ2) is 17.5. The summed E-state index contributed by atoms with van der Waals surface area (Å²) in [4.78, 5) is 6.86. The Bertz CT molecular complexity index is 2060. The number of benzene rings is 4. The SMILES string of the molecule is CCN(CC)c1ccc(C(CC(C)c2ccc(N(CC)Cc3cccc(S(=O)(=O)O)c3)cc2)c2ccc(N(CC)C3=C=CC(C)C(C)=C3)cc2)c(C)c1. The summed E-state index contributed by atoms with van der Waals surface area (Å²) < 4.78 is 33.0. The van der Waals surface area contributed by atoms with Crippen LogP contribution >= 0.6 is 0 Å². The minimum Gasteiger partial charge on any atom is -0.372 e. The van der Waals surface area contributed by atoms with Gasteiger partial charge in [-0.15, -0.1) is 0 Å². The zero-order valence-electron chi connectivity index (χ0n) is 32.8. The summed E-state index contributed by atoms with van der Waals surface area (Å²) in [5.74, 6) is 0.912. The molecule has 1 N–H and O–H groups in total. The Kier molecular flexibility index (Phi) is 13.1. The number of rotatable bonds is 16. The Morgan fingerprint density at radius 3 is 1.96 bits per heavy atom. The fourth-order valence-corrected chi connectivity index (χ4v) is 8.01. The molecule has 0 aliphatic heterocycles. The fourth-order valence-electron chi connectivity index (χ4n) is 7.46. The lowest BCUT2D eigenvalue weighted by molar-refractivity contribution is 0.483. The van der Waals surface area contributed by atoms with Crippen LogP contribution in [0, 0.1) is 12.8 Å². The predicted octanol–water partition coefficient (Wildman–Crippen LogP) is 10.9. The molecule has 0 radical (unpaired) electrons. The van der Waals surface area contributed by atoms with Crippen LogP contribution in [0.1, 0.15) is 94.5 Å². The summed E-state index contributed by atoms with van der Waals surface area (Å²) in [6.07, 6.45) is 5.39. The van der Waals surface area contributed by atoms with Gasteiger partial charge in [0.05, 0.1) is 10.6 Å². The van der Waals surface area contributed by atoms with Crippen LogP contribution in [0.5, 0.6) is 0 Å². The third kappa shape index (κ3) is 9.52. The summed E-state index contributed by atoms with van der Waals surface area (Å²) in [5, 5.41) is 0. The van der Waals surface area contributed by atoms with Gasteiger partial charge >= 0.3 is 0 Å². The van der Waals surface area contributed by atoms with E-state index >= 15 is 0 Å². The molecule has 4 aromatic carbocycles. The van der Waals surface area contributed by atoms with Crippen LogP contribution in [-0.2, 0) is 16.7 Å². The van der Waals surface area contributed by atoms with E-state index in [1.165, 1.54) is 45.3 Å². The van der Waals surface area contributed by atoms with Crippen molar-refractivity contribution in [3.05, 3.63) is 148 Å². The second-order valence-corrected chi connectivity index (χ2v) is 15.8. The highest BCUT2D eigenvalue weighted by molar-refractivity contribution is 7.85. The average molecular weight is 732 g/mol. The molecule has 5 rings (SSSR count). The van der Waals surface area contributed by atoms with E-state index in [-0.39, 0.29) is 16.7 Å². The van der Waals surface area contributed by atoms with Gasteiger partial charge in [-0.3, -0.25) is 4.55 Å². The van der Waals surface area contributed by atoms with Crippen molar-refractivity contribution in [2.45, 2.75) is 85.1 Å². The number of anilines is 3. The zero-order chi connectivity index (χ0) is 38.3. The summed E-state index contributed by atoms with van der Waals surface area (Å²) in [6.45, 7) is 21.8. The fraction of sp³-hybridized carbons (Fsp3) is 0.370. The summed E-state index contributed by atoms with van der Waals surface area (Å²) in [5.41, 5.74) is 15.6. The standard InChI is InChI=1S/C46H57N3O3S/c1-9-47(10-2)42-26-27-45(36(8)29-42)46(39-19-24-41(25-20-39)49(12-4)43-21-16-33(5)34(6)28-43)30-35(7)38-17-22-40(23-18-38)48(11-3)32-37-14-13-15-44(31-37)53(50,51)52/h13-20,22-29,31,33,35,46H,9-12,30,32H2,1-8H3,(H,50,51,52). The normalized spacial score (nSPS) is 15.4. The van der Waals surface area contributed by atoms with Crippen molar-refractivity contribution in [1.82, 2.24) is 0 Å². The third-order valence-electron chi connectivity index (χ3n) is 10.9. The van der Waals surface area contributed by atoms with Crippen LogP contribution in [0.2, 0.25) is 0 Å². The first-order chi connectivity index (χ1) is 25.4. The first-order valence-corrected chi connectivity index (χ1v) is 20.6. The lowest BCUT2D eigenvalue weighted by atomic mass is 9.80. The average Bonchev–Trinajstić information content (AvgIpc) is 3.15.